The summed E-state index contributed by atoms with van der Waals surface area (Å²) in [4.78, 5) is 18.4. The molecule has 1 amide bonds. The molecule has 0 bridgehead atoms. The van der Waals surface area contributed by atoms with E-state index in [1.54, 1.807) is 4.90 Å². The van der Waals surface area contributed by atoms with E-state index in [0.717, 1.165) is 22.2 Å². The van der Waals surface area contributed by atoms with Crippen LogP contribution in [0, 0.1) is 5.92 Å². The number of nitrogens with zero attached hydrogens (tertiary/aromatic N) is 2. The van der Waals surface area contributed by atoms with Crippen molar-refractivity contribution >= 4 is 38.5 Å². The standard InChI is InChI=1S/C16H17BrN2O2S/c1-10(2)7-13-8-21-16(20)19(13)15-18-14(9-22-15)11-3-5-12(17)6-4-11/h3-6,9-10,13H,7-8H2,1-2H3. The Bertz CT molecular complexity index is 669. The van der Waals surface area contributed by atoms with Gasteiger partial charge in [-0.3, -0.25) is 0 Å². The number of thiazole rings is 1. The maximum atomic E-state index is 12.0. The van der Waals surface area contributed by atoms with Crippen molar-refractivity contribution in [3.63, 3.8) is 0 Å². The van der Waals surface area contributed by atoms with Crippen LogP contribution in [0.4, 0.5) is 9.93 Å². The first kappa shape index (κ1) is 15.5. The average Bonchev–Trinajstić information content (AvgIpc) is 3.06. The summed E-state index contributed by atoms with van der Waals surface area (Å²) in [6.45, 7) is 4.75. The molecular weight excluding hydrogens is 364 g/mol. The van der Waals surface area contributed by atoms with Gasteiger partial charge in [0.05, 0.1) is 11.7 Å². The zero-order chi connectivity index (χ0) is 15.7. The zero-order valence-corrected chi connectivity index (χ0v) is 14.9. The fourth-order valence-corrected chi connectivity index (χ4v) is 3.70. The Morgan fingerprint density at radius 1 is 1.41 bits per heavy atom. The molecule has 6 heteroatoms. The topological polar surface area (TPSA) is 42.4 Å². The third-order valence-electron chi connectivity index (χ3n) is 3.54. The van der Waals surface area contributed by atoms with Crippen LogP contribution in [0.15, 0.2) is 34.1 Å². The number of halogens is 1. The van der Waals surface area contributed by atoms with Crippen molar-refractivity contribution in [1.29, 1.82) is 0 Å². The molecule has 1 unspecified atom stereocenters. The highest BCUT2D eigenvalue weighted by Gasteiger charge is 2.36. The van der Waals surface area contributed by atoms with E-state index >= 15 is 0 Å². The molecule has 1 aromatic heterocycles. The molecule has 1 saturated heterocycles. The SMILES string of the molecule is CC(C)CC1COC(=O)N1c1nc(-c2ccc(Br)cc2)cs1. The lowest BCUT2D eigenvalue weighted by Gasteiger charge is -2.19. The number of rotatable bonds is 4. The van der Waals surface area contributed by atoms with Gasteiger partial charge in [-0.25, -0.2) is 14.7 Å². The Balaban J connectivity index is 1.85. The average molecular weight is 381 g/mol. The van der Waals surface area contributed by atoms with Crippen LogP contribution in [-0.4, -0.2) is 23.7 Å². The first-order valence-electron chi connectivity index (χ1n) is 7.22. The van der Waals surface area contributed by atoms with E-state index in [2.05, 4.69) is 34.8 Å². The van der Waals surface area contributed by atoms with Crippen molar-refractivity contribution in [2.75, 3.05) is 11.5 Å². The number of benzene rings is 1. The number of amides is 1. The summed E-state index contributed by atoms with van der Waals surface area (Å²) in [5.41, 5.74) is 1.93. The molecule has 1 aliphatic heterocycles. The molecular formula is C16H17BrN2O2S. The first-order chi connectivity index (χ1) is 10.5. The van der Waals surface area contributed by atoms with Gasteiger partial charge in [0.15, 0.2) is 5.13 Å². The van der Waals surface area contributed by atoms with Gasteiger partial charge in [-0.05, 0) is 24.5 Å². The van der Waals surface area contributed by atoms with Gasteiger partial charge in [0.25, 0.3) is 0 Å². The summed E-state index contributed by atoms with van der Waals surface area (Å²) in [5.74, 6) is 0.507. The van der Waals surface area contributed by atoms with Gasteiger partial charge in [-0.2, -0.15) is 0 Å². The van der Waals surface area contributed by atoms with E-state index in [-0.39, 0.29) is 12.1 Å². The Morgan fingerprint density at radius 3 is 2.82 bits per heavy atom. The molecule has 0 aliphatic carbocycles. The summed E-state index contributed by atoms with van der Waals surface area (Å²) in [6, 6.07) is 8.07. The molecule has 1 fully saturated rings. The second-order valence-electron chi connectivity index (χ2n) is 5.75. The molecule has 0 spiro atoms. The van der Waals surface area contributed by atoms with Crippen molar-refractivity contribution in [2.45, 2.75) is 26.3 Å². The molecule has 1 aliphatic rings. The Kier molecular flexibility index (Phi) is 4.49. The van der Waals surface area contributed by atoms with Crippen molar-refractivity contribution < 1.29 is 9.53 Å². The molecule has 4 nitrogen and oxygen atoms in total. The van der Waals surface area contributed by atoms with Gasteiger partial charge < -0.3 is 4.74 Å². The third kappa shape index (κ3) is 3.17. The van der Waals surface area contributed by atoms with Crippen molar-refractivity contribution in [3.05, 3.63) is 34.1 Å². The highest BCUT2D eigenvalue weighted by molar-refractivity contribution is 9.10. The van der Waals surface area contributed by atoms with Crippen LogP contribution in [0.25, 0.3) is 11.3 Å². The molecule has 3 rings (SSSR count). The van der Waals surface area contributed by atoms with Gasteiger partial charge in [0.2, 0.25) is 0 Å². The van der Waals surface area contributed by atoms with Gasteiger partial charge in [0, 0.05) is 15.4 Å². The molecule has 0 N–H and O–H groups in total. The Morgan fingerprint density at radius 2 is 2.14 bits per heavy atom. The van der Waals surface area contributed by atoms with Crippen molar-refractivity contribution in [3.8, 4) is 11.3 Å². The number of hydrogen-bond acceptors (Lipinski definition) is 4. The quantitative estimate of drug-likeness (QED) is 0.753. The molecule has 2 heterocycles. The van der Waals surface area contributed by atoms with Crippen molar-refractivity contribution in [1.82, 2.24) is 4.98 Å². The lowest BCUT2D eigenvalue weighted by Crippen LogP contribution is -2.34. The van der Waals surface area contributed by atoms with Crippen LogP contribution in [0.1, 0.15) is 20.3 Å². The minimum atomic E-state index is -0.289. The van der Waals surface area contributed by atoms with Gasteiger partial charge in [-0.15, -0.1) is 11.3 Å². The minimum Gasteiger partial charge on any atom is -0.447 e. The molecule has 22 heavy (non-hydrogen) atoms. The monoisotopic (exact) mass is 380 g/mol. The van der Waals surface area contributed by atoms with E-state index in [1.807, 2.05) is 29.6 Å². The first-order valence-corrected chi connectivity index (χ1v) is 8.89. The molecule has 0 saturated carbocycles. The maximum Gasteiger partial charge on any atom is 0.416 e. The van der Waals surface area contributed by atoms with E-state index < -0.39 is 0 Å². The van der Waals surface area contributed by atoms with Gasteiger partial charge >= 0.3 is 6.09 Å². The largest absolute Gasteiger partial charge is 0.447 e. The number of hydrogen-bond donors (Lipinski definition) is 0. The highest BCUT2D eigenvalue weighted by Crippen LogP contribution is 2.33. The van der Waals surface area contributed by atoms with E-state index in [9.17, 15) is 4.79 Å². The summed E-state index contributed by atoms with van der Waals surface area (Å²) in [6.07, 6.45) is 0.626. The second-order valence-corrected chi connectivity index (χ2v) is 7.50. The zero-order valence-electron chi connectivity index (χ0n) is 12.5. The van der Waals surface area contributed by atoms with Crippen LogP contribution in [0.5, 0.6) is 0 Å². The van der Waals surface area contributed by atoms with Crippen LogP contribution >= 0.6 is 27.3 Å². The predicted octanol–water partition coefficient (Wildman–Crippen LogP) is 4.94. The van der Waals surface area contributed by atoms with Crippen LogP contribution < -0.4 is 4.90 Å². The number of anilines is 1. The minimum absolute atomic E-state index is 0.0800. The normalized spacial score (nSPS) is 18.1. The number of aromatic nitrogens is 1. The second kappa shape index (κ2) is 6.38. The molecule has 0 radical (unpaired) electrons. The summed E-state index contributed by atoms with van der Waals surface area (Å²) in [5, 5.41) is 2.70. The van der Waals surface area contributed by atoms with Crippen LogP contribution in [-0.2, 0) is 4.74 Å². The summed E-state index contributed by atoms with van der Waals surface area (Å²) < 4.78 is 6.25. The molecule has 1 atom stereocenters. The maximum absolute atomic E-state index is 12.0. The number of carbonyl (C=O) groups excluding carboxylic acids is 1. The molecule has 2 aromatic rings. The molecule has 1 aromatic carbocycles. The van der Waals surface area contributed by atoms with Crippen LogP contribution in [0.3, 0.4) is 0 Å². The number of carbonyl (C=O) groups is 1. The predicted molar refractivity (Wildman–Crippen MR) is 92.3 cm³/mol. The van der Waals surface area contributed by atoms with E-state index in [1.165, 1.54) is 11.3 Å². The van der Waals surface area contributed by atoms with Crippen LogP contribution in [0.2, 0.25) is 0 Å². The van der Waals surface area contributed by atoms with Gasteiger partial charge in [-0.1, -0.05) is 41.9 Å². The summed E-state index contributed by atoms with van der Waals surface area (Å²) in [7, 11) is 0. The Hall–Kier alpha value is -1.40. The molecule has 116 valence electrons. The van der Waals surface area contributed by atoms with Gasteiger partial charge in [0.1, 0.15) is 6.61 Å². The fraction of sp³-hybridized carbons (Fsp3) is 0.375. The van der Waals surface area contributed by atoms with Crippen molar-refractivity contribution in [2.24, 2.45) is 5.92 Å². The Labute approximate surface area is 142 Å². The lowest BCUT2D eigenvalue weighted by molar-refractivity contribution is 0.178. The lowest BCUT2D eigenvalue weighted by atomic mass is 10.0. The van der Waals surface area contributed by atoms with E-state index in [0.29, 0.717) is 17.7 Å². The fourth-order valence-electron chi connectivity index (χ4n) is 2.54. The smallest absolute Gasteiger partial charge is 0.416 e. The number of ether oxygens (including phenoxy) is 1. The highest BCUT2D eigenvalue weighted by atomic mass is 79.9. The third-order valence-corrected chi connectivity index (χ3v) is 4.91. The number of cyclic esters (lactones) is 1. The van der Waals surface area contributed by atoms with E-state index in [4.69, 9.17) is 4.74 Å². The summed E-state index contributed by atoms with van der Waals surface area (Å²) >= 11 is 4.91.